The van der Waals surface area contributed by atoms with Crippen molar-refractivity contribution in [3.63, 3.8) is 0 Å². The lowest BCUT2D eigenvalue weighted by Crippen LogP contribution is -1.95. The molecule has 2 rings (SSSR count). The van der Waals surface area contributed by atoms with Crippen LogP contribution in [0.3, 0.4) is 0 Å². The van der Waals surface area contributed by atoms with Crippen LogP contribution in [0.15, 0.2) is 35.3 Å². The van der Waals surface area contributed by atoms with Crippen molar-refractivity contribution < 1.29 is 14.4 Å². The summed E-state index contributed by atoms with van der Waals surface area (Å²) in [6.45, 7) is 0. The topological polar surface area (TPSA) is 92.0 Å². The lowest BCUT2D eigenvalue weighted by molar-refractivity contribution is 0.0690. The second kappa shape index (κ2) is 4.70. The number of H-pyrrole nitrogens is 1. The van der Waals surface area contributed by atoms with E-state index in [-0.39, 0.29) is 5.69 Å². The molecule has 2 aromatic heterocycles. The Labute approximate surface area is 73.2 Å². The number of aromatic nitrogens is 3. The minimum Gasteiger partial charge on any atom is -0.477 e. The van der Waals surface area contributed by atoms with Gasteiger partial charge in [-0.05, 0) is 12.1 Å². The first-order valence-corrected chi connectivity index (χ1v) is 3.37. The van der Waals surface area contributed by atoms with Crippen LogP contribution >= 0.6 is 0 Å². The molecular formula is C7H7N3O3. The molecule has 0 amide bonds. The second-order valence-corrected chi connectivity index (χ2v) is 1.96. The summed E-state index contributed by atoms with van der Waals surface area (Å²) < 4.78 is 4.33. The van der Waals surface area contributed by atoms with Crippen molar-refractivity contribution in [1.82, 2.24) is 15.4 Å². The Morgan fingerprint density at radius 2 is 2.38 bits per heavy atom. The number of carbonyl (C=O) groups is 1. The van der Waals surface area contributed by atoms with Gasteiger partial charge in [-0.25, -0.2) is 4.79 Å². The first kappa shape index (κ1) is 8.98. The molecule has 0 fully saturated rings. The van der Waals surface area contributed by atoms with Crippen LogP contribution in [-0.2, 0) is 0 Å². The van der Waals surface area contributed by atoms with Gasteiger partial charge >= 0.3 is 5.97 Å². The Morgan fingerprint density at radius 1 is 1.54 bits per heavy atom. The van der Waals surface area contributed by atoms with E-state index in [1.807, 2.05) is 0 Å². The molecule has 2 aromatic rings. The van der Waals surface area contributed by atoms with E-state index in [9.17, 15) is 4.79 Å². The fraction of sp³-hybridized carbons (Fsp3) is 0. The van der Waals surface area contributed by atoms with Gasteiger partial charge in [0, 0.05) is 6.20 Å². The van der Waals surface area contributed by atoms with Crippen molar-refractivity contribution in [2.24, 2.45) is 0 Å². The fourth-order valence-electron chi connectivity index (χ4n) is 0.551. The highest BCUT2D eigenvalue weighted by atomic mass is 16.5. The van der Waals surface area contributed by atoms with Gasteiger partial charge in [-0.15, -0.1) is 0 Å². The second-order valence-electron chi connectivity index (χ2n) is 1.96. The third-order valence-electron chi connectivity index (χ3n) is 1.08. The zero-order chi connectivity index (χ0) is 9.52. The molecule has 0 aromatic carbocycles. The number of nitrogens with one attached hydrogen (secondary N) is 1. The number of carboxylic acid groups (broad SMARTS) is 1. The summed E-state index contributed by atoms with van der Waals surface area (Å²) in [5.74, 6) is -0.984. The molecule has 0 aliphatic heterocycles. The summed E-state index contributed by atoms with van der Waals surface area (Å²) in [7, 11) is 0. The maximum atomic E-state index is 9.99. The van der Waals surface area contributed by atoms with Crippen LogP contribution in [0.2, 0.25) is 0 Å². The Morgan fingerprint density at radius 3 is 2.62 bits per heavy atom. The predicted molar refractivity (Wildman–Crippen MR) is 42.1 cm³/mol. The highest BCUT2D eigenvalue weighted by Gasteiger charge is 1.99. The Kier molecular flexibility index (Phi) is 3.25. The lowest BCUT2D eigenvalue weighted by Gasteiger charge is -1.79. The highest BCUT2D eigenvalue weighted by Crippen LogP contribution is 1.87. The van der Waals surface area contributed by atoms with Gasteiger partial charge in [0.1, 0.15) is 12.0 Å². The van der Waals surface area contributed by atoms with Gasteiger partial charge in [0.05, 0.1) is 6.20 Å². The van der Waals surface area contributed by atoms with Gasteiger partial charge in [-0.2, -0.15) is 5.10 Å². The van der Waals surface area contributed by atoms with E-state index in [2.05, 4.69) is 19.9 Å². The van der Waals surface area contributed by atoms with Crippen LogP contribution in [0.25, 0.3) is 0 Å². The number of aromatic carboxylic acids is 1. The minimum atomic E-state index is -0.984. The lowest BCUT2D eigenvalue weighted by atomic mass is 10.5. The van der Waals surface area contributed by atoms with Crippen molar-refractivity contribution in [1.29, 1.82) is 0 Å². The molecule has 2 N–H and O–H groups in total. The quantitative estimate of drug-likeness (QED) is 0.678. The van der Waals surface area contributed by atoms with E-state index >= 15 is 0 Å². The number of carboxylic acids is 1. The molecular weight excluding hydrogens is 174 g/mol. The smallest absolute Gasteiger partial charge is 0.353 e. The van der Waals surface area contributed by atoms with E-state index < -0.39 is 5.97 Å². The summed E-state index contributed by atoms with van der Waals surface area (Å²) >= 11 is 0. The minimum absolute atomic E-state index is 0.116. The average molecular weight is 181 g/mol. The first-order valence-electron chi connectivity index (χ1n) is 3.37. The summed E-state index contributed by atoms with van der Waals surface area (Å²) in [6.07, 6.45) is 4.49. The van der Waals surface area contributed by atoms with Crippen molar-refractivity contribution in [3.05, 3.63) is 36.5 Å². The molecule has 13 heavy (non-hydrogen) atoms. The molecule has 0 aliphatic carbocycles. The van der Waals surface area contributed by atoms with Crippen molar-refractivity contribution in [3.8, 4) is 0 Å². The molecule has 0 bridgehead atoms. The maximum Gasteiger partial charge on any atom is 0.353 e. The summed E-state index contributed by atoms with van der Waals surface area (Å²) in [6, 6.07) is 3.11. The zero-order valence-corrected chi connectivity index (χ0v) is 6.54. The Bertz CT molecular complexity index is 311. The highest BCUT2D eigenvalue weighted by molar-refractivity contribution is 5.84. The summed E-state index contributed by atoms with van der Waals surface area (Å²) in [5, 5.41) is 17.3. The Hall–Kier alpha value is -2.11. The molecule has 68 valence electrons. The monoisotopic (exact) mass is 181 g/mol. The maximum absolute atomic E-state index is 9.99. The van der Waals surface area contributed by atoms with Crippen LogP contribution in [-0.4, -0.2) is 26.4 Å². The fourth-order valence-corrected chi connectivity index (χ4v) is 0.551. The molecule has 0 atom stereocenters. The molecule has 2 heterocycles. The third-order valence-corrected chi connectivity index (χ3v) is 1.08. The van der Waals surface area contributed by atoms with Crippen LogP contribution < -0.4 is 0 Å². The van der Waals surface area contributed by atoms with Crippen molar-refractivity contribution in [2.75, 3.05) is 0 Å². The van der Waals surface area contributed by atoms with Gasteiger partial charge < -0.3 is 9.63 Å². The van der Waals surface area contributed by atoms with Crippen LogP contribution in [0.1, 0.15) is 10.5 Å². The van der Waals surface area contributed by atoms with Gasteiger partial charge in [0.2, 0.25) is 0 Å². The van der Waals surface area contributed by atoms with Gasteiger partial charge in [-0.1, -0.05) is 5.16 Å². The number of hydrogen-bond donors (Lipinski definition) is 2. The molecule has 0 unspecified atom stereocenters. The van der Waals surface area contributed by atoms with Gasteiger partial charge in [0.25, 0.3) is 0 Å². The van der Waals surface area contributed by atoms with Crippen LogP contribution in [0.4, 0.5) is 0 Å². The molecule has 0 spiro atoms. The van der Waals surface area contributed by atoms with Gasteiger partial charge in [-0.3, -0.25) is 5.10 Å². The van der Waals surface area contributed by atoms with Crippen LogP contribution in [0, 0.1) is 0 Å². The first-order chi connectivity index (χ1) is 6.30. The SMILES string of the molecule is O=C(O)c1ccn[nH]1.c1cnoc1. The number of hydrogen-bond acceptors (Lipinski definition) is 4. The standard InChI is InChI=1S/C4H4N2O2.C3H3NO/c7-4(8)3-1-2-5-6-3;1-2-4-5-3-1/h1-2H,(H,5,6)(H,7,8);1-3H. The molecule has 0 saturated carbocycles. The zero-order valence-electron chi connectivity index (χ0n) is 6.54. The molecule has 6 nitrogen and oxygen atoms in total. The van der Waals surface area contributed by atoms with Crippen molar-refractivity contribution >= 4 is 5.97 Å². The average Bonchev–Trinajstić information content (AvgIpc) is 2.82. The predicted octanol–water partition coefficient (Wildman–Crippen LogP) is 0.782. The van der Waals surface area contributed by atoms with E-state index in [0.717, 1.165) is 0 Å². The molecule has 0 aliphatic rings. The van der Waals surface area contributed by atoms with Crippen molar-refractivity contribution in [2.45, 2.75) is 0 Å². The molecule has 0 radical (unpaired) electrons. The summed E-state index contributed by atoms with van der Waals surface area (Å²) in [5.41, 5.74) is 0.116. The number of nitrogens with zero attached hydrogens (tertiary/aromatic N) is 2. The largest absolute Gasteiger partial charge is 0.477 e. The summed E-state index contributed by atoms with van der Waals surface area (Å²) in [4.78, 5) is 9.99. The normalized spacial score (nSPS) is 8.62. The van der Waals surface area contributed by atoms with Crippen LogP contribution in [0.5, 0.6) is 0 Å². The van der Waals surface area contributed by atoms with E-state index in [1.54, 1.807) is 12.3 Å². The van der Waals surface area contributed by atoms with Gasteiger partial charge in [0.15, 0.2) is 0 Å². The van der Waals surface area contributed by atoms with E-state index in [4.69, 9.17) is 5.11 Å². The third kappa shape index (κ3) is 3.19. The van der Waals surface area contributed by atoms with E-state index in [1.165, 1.54) is 18.5 Å². The number of aromatic amines is 1. The molecule has 0 saturated heterocycles. The number of rotatable bonds is 1. The van der Waals surface area contributed by atoms with E-state index in [0.29, 0.717) is 0 Å². The molecule has 6 heteroatoms. The Balaban J connectivity index is 0.000000145.